The number of aromatic nitrogens is 2. The highest BCUT2D eigenvalue weighted by Crippen LogP contribution is 2.33. The van der Waals surface area contributed by atoms with E-state index in [-0.39, 0.29) is 11.6 Å². The molecule has 5 nitrogen and oxygen atoms in total. The standard InChI is InChI=1S/C28H52N2O3/c1-6-29-23-25(31)30(26(29)32)28(4,5)20-12-14-22-33-21-13-11-19-27(2,3)18-10-9-17-24-15-7-8-16-24/h23-24,31H,6-22H2,1-5H3. The van der Waals surface area contributed by atoms with Crippen molar-refractivity contribution in [1.29, 1.82) is 0 Å². The number of nitrogens with zero attached hydrogens (tertiary/aromatic N) is 2. The van der Waals surface area contributed by atoms with E-state index in [9.17, 15) is 9.90 Å². The second kappa shape index (κ2) is 13.6. The molecule has 1 heterocycles. The largest absolute Gasteiger partial charge is 0.493 e. The van der Waals surface area contributed by atoms with E-state index >= 15 is 0 Å². The average molecular weight is 465 g/mol. The third-order valence-corrected chi connectivity index (χ3v) is 7.79. The fourth-order valence-corrected chi connectivity index (χ4v) is 5.52. The zero-order valence-corrected chi connectivity index (χ0v) is 22.3. The van der Waals surface area contributed by atoms with Crippen molar-refractivity contribution >= 4 is 0 Å². The van der Waals surface area contributed by atoms with Crippen LogP contribution in [0.15, 0.2) is 11.0 Å². The Bertz CT molecular complexity index is 726. The minimum Gasteiger partial charge on any atom is -0.493 e. The molecular formula is C28H52N2O3. The van der Waals surface area contributed by atoms with E-state index in [1.54, 1.807) is 4.57 Å². The Balaban J connectivity index is 1.50. The molecule has 1 N–H and O–H groups in total. The summed E-state index contributed by atoms with van der Waals surface area (Å²) in [5, 5.41) is 10.2. The maximum atomic E-state index is 12.4. The van der Waals surface area contributed by atoms with Gasteiger partial charge in [-0.1, -0.05) is 65.2 Å². The summed E-state index contributed by atoms with van der Waals surface area (Å²) in [6, 6.07) is 0. The molecule has 5 heteroatoms. The summed E-state index contributed by atoms with van der Waals surface area (Å²) >= 11 is 0. The number of ether oxygens (including phenoxy) is 1. The van der Waals surface area contributed by atoms with E-state index in [0.29, 0.717) is 12.0 Å². The Kier molecular flexibility index (Phi) is 11.5. The molecule has 1 fully saturated rings. The molecule has 1 aliphatic carbocycles. The van der Waals surface area contributed by atoms with Crippen LogP contribution in [-0.2, 0) is 16.8 Å². The van der Waals surface area contributed by atoms with Gasteiger partial charge in [0.2, 0.25) is 5.88 Å². The molecule has 0 saturated heterocycles. The van der Waals surface area contributed by atoms with E-state index in [1.807, 2.05) is 20.8 Å². The first-order chi connectivity index (χ1) is 15.7. The Morgan fingerprint density at radius 3 is 2.09 bits per heavy atom. The van der Waals surface area contributed by atoms with Crippen molar-refractivity contribution in [2.24, 2.45) is 11.3 Å². The third-order valence-electron chi connectivity index (χ3n) is 7.79. The molecule has 1 aliphatic rings. The predicted octanol–water partition coefficient (Wildman–Crippen LogP) is 7.24. The number of hydrogen-bond donors (Lipinski definition) is 1. The Morgan fingerprint density at radius 1 is 0.939 bits per heavy atom. The van der Waals surface area contributed by atoms with Gasteiger partial charge in [-0.2, -0.15) is 0 Å². The molecule has 1 aromatic heterocycles. The lowest BCUT2D eigenvalue weighted by Gasteiger charge is -2.26. The first kappa shape index (κ1) is 28.0. The summed E-state index contributed by atoms with van der Waals surface area (Å²) in [4.78, 5) is 12.4. The first-order valence-electron chi connectivity index (χ1n) is 13.8. The van der Waals surface area contributed by atoms with Crippen LogP contribution >= 0.6 is 0 Å². The van der Waals surface area contributed by atoms with Gasteiger partial charge in [-0.05, 0) is 70.6 Å². The van der Waals surface area contributed by atoms with Gasteiger partial charge in [0.15, 0.2) is 0 Å². The molecule has 2 rings (SSSR count). The average Bonchev–Trinajstić information content (AvgIpc) is 3.37. The Hall–Kier alpha value is -1.23. The minimum absolute atomic E-state index is 0.0554. The lowest BCUT2D eigenvalue weighted by Crippen LogP contribution is -2.36. The van der Waals surface area contributed by atoms with Crippen molar-refractivity contribution in [2.45, 2.75) is 137 Å². The van der Waals surface area contributed by atoms with Gasteiger partial charge in [0.05, 0.1) is 6.20 Å². The first-order valence-corrected chi connectivity index (χ1v) is 13.8. The number of hydrogen-bond acceptors (Lipinski definition) is 3. The second-order valence-electron chi connectivity index (χ2n) is 11.8. The summed E-state index contributed by atoms with van der Waals surface area (Å²) in [6.07, 6.45) is 19.6. The molecule has 0 spiro atoms. The van der Waals surface area contributed by atoms with E-state index in [4.69, 9.17) is 4.74 Å². The zero-order valence-electron chi connectivity index (χ0n) is 22.3. The van der Waals surface area contributed by atoms with E-state index in [0.717, 1.165) is 44.8 Å². The number of rotatable bonds is 17. The summed E-state index contributed by atoms with van der Waals surface area (Å²) in [7, 11) is 0. The summed E-state index contributed by atoms with van der Waals surface area (Å²) < 4.78 is 8.95. The highest BCUT2D eigenvalue weighted by molar-refractivity contribution is 5.09. The normalized spacial score (nSPS) is 15.5. The Morgan fingerprint density at radius 2 is 1.52 bits per heavy atom. The van der Waals surface area contributed by atoms with Gasteiger partial charge in [-0.15, -0.1) is 0 Å². The van der Waals surface area contributed by atoms with Crippen LogP contribution in [0.3, 0.4) is 0 Å². The number of aromatic hydroxyl groups is 1. The van der Waals surface area contributed by atoms with Crippen LogP contribution in [0, 0.1) is 11.3 Å². The van der Waals surface area contributed by atoms with Crippen LogP contribution in [0.5, 0.6) is 5.88 Å². The van der Waals surface area contributed by atoms with Crippen molar-refractivity contribution in [3.8, 4) is 5.88 Å². The third kappa shape index (κ3) is 9.50. The molecule has 0 aromatic carbocycles. The Labute approximate surface area is 202 Å². The fourth-order valence-electron chi connectivity index (χ4n) is 5.52. The highest BCUT2D eigenvalue weighted by atomic mass is 16.5. The van der Waals surface area contributed by atoms with E-state index < -0.39 is 5.54 Å². The van der Waals surface area contributed by atoms with E-state index in [1.165, 1.54) is 75.0 Å². The molecule has 0 aliphatic heterocycles. The van der Waals surface area contributed by atoms with Crippen molar-refractivity contribution in [3.05, 3.63) is 16.7 Å². The molecule has 0 bridgehead atoms. The highest BCUT2D eigenvalue weighted by Gasteiger charge is 2.26. The van der Waals surface area contributed by atoms with Crippen LogP contribution in [0.2, 0.25) is 0 Å². The van der Waals surface area contributed by atoms with Gasteiger partial charge in [-0.25, -0.2) is 4.79 Å². The number of imidazole rings is 1. The monoisotopic (exact) mass is 464 g/mol. The lowest BCUT2D eigenvalue weighted by molar-refractivity contribution is 0.119. The van der Waals surface area contributed by atoms with Crippen LogP contribution in [-0.4, -0.2) is 27.5 Å². The van der Waals surface area contributed by atoms with Gasteiger partial charge < -0.3 is 9.84 Å². The van der Waals surface area contributed by atoms with Gasteiger partial charge >= 0.3 is 5.69 Å². The molecular weight excluding hydrogens is 412 g/mol. The second-order valence-corrected chi connectivity index (χ2v) is 11.8. The quantitative estimate of drug-likeness (QED) is 0.247. The van der Waals surface area contributed by atoms with Crippen LogP contribution in [0.1, 0.15) is 125 Å². The SMILES string of the molecule is CCn1cc(O)n(C(C)(C)CCCCOCCCCC(C)(C)CCCCC2CCCC2)c1=O. The van der Waals surface area contributed by atoms with Crippen LogP contribution in [0.25, 0.3) is 0 Å². The summed E-state index contributed by atoms with van der Waals surface area (Å²) in [6.45, 7) is 13.0. The molecule has 0 unspecified atom stereocenters. The van der Waals surface area contributed by atoms with Gasteiger partial charge in [0.1, 0.15) is 0 Å². The van der Waals surface area contributed by atoms with Crippen molar-refractivity contribution in [3.63, 3.8) is 0 Å². The van der Waals surface area contributed by atoms with Crippen LogP contribution in [0.4, 0.5) is 0 Å². The maximum absolute atomic E-state index is 12.4. The van der Waals surface area contributed by atoms with Crippen molar-refractivity contribution in [1.82, 2.24) is 9.13 Å². The maximum Gasteiger partial charge on any atom is 0.331 e. The zero-order chi connectivity index (χ0) is 24.3. The predicted molar refractivity (Wildman–Crippen MR) is 138 cm³/mol. The van der Waals surface area contributed by atoms with Crippen molar-refractivity contribution in [2.75, 3.05) is 13.2 Å². The summed E-state index contributed by atoms with van der Waals surface area (Å²) in [5.74, 6) is 1.09. The molecule has 0 atom stereocenters. The smallest absolute Gasteiger partial charge is 0.331 e. The number of aryl methyl sites for hydroxylation is 1. The fraction of sp³-hybridized carbons (Fsp3) is 0.893. The van der Waals surface area contributed by atoms with Crippen molar-refractivity contribution < 1.29 is 9.84 Å². The van der Waals surface area contributed by atoms with E-state index in [2.05, 4.69) is 13.8 Å². The molecule has 1 saturated carbocycles. The molecule has 1 aromatic rings. The minimum atomic E-state index is -0.399. The number of unbranched alkanes of at least 4 members (excludes halogenated alkanes) is 3. The van der Waals surface area contributed by atoms with Gasteiger partial charge in [0.25, 0.3) is 0 Å². The molecule has 0 radical (unpaired) electrons. The molecule has 33 heavy (non-hydrogen) atoms. The lowest BCUT2D eigenvalue weighted by atomic mass is 9.81. The van der Waals surface area contributed by atoms with Crippen LogP contribution < -0.4 is 5.69 Å². The molecule has 192 valence electrons. The van der Waals surface area contributed by atoms with Gasteiger partial charge in [-0.3, -0.25) is 9.13 Å². The topological polar surface area (TPSA) is 56.4 Å². The summed E-state index contributed by atoms with van der Waals surface area (Å²) in [5.41, 5.74) is -0.0701. The van der Waals surface area contributed by atoms with Gasteiger partial charge in [0, 0.05) is 25.3 Å². The molecule has 0 amide bonds.